The molecule has 9 heteroatoms. The van der Waals surface area contributed by atoms with E-state index in [0.717, 1.165) is 7.11 Å². The van der Waals surface area contributed by atoms with E-state index in [-0.39, 0.29) is 10.8 Å². The third kappa shape index (κ3) is 4.66. The van der Waals surface area contributed by atoms with Gasteiger partial charge in [0, 0.05) is 6.92 Å². The Morgan fingerprint density at radius 1 is 1.29 bits per heavy atom. The molecule has 8 nitrogen and oxygen atoms in total. The SMILES string of the molecule is COC(=O)C(=[N+]=[N-])C(=O)[C@H](C)[C@]1(O[Si](C)(C)C(C)(C)C)CCC=C1OC(C)=O. The number of ether oxygens (including phenoxy) is 2. The third-order valence-electron chi connectivity index (χ3n) is 5.56. The highest BCUT2D eigenvalue weighted by atomic mass is 28.4. The van der Waals surface area contributed by atoms with Crippen molar-refractivity contribution in [3.63, 3.8) is 0 Å². The normalized spacial score (nSPS) is 20.6. The fourth-order valence-electron chi connectivity index (χ4n) is 2.93. The molecule has 2 atom stereocenters. The number of hydrogen-bond acceptors (Lipinski definition) is 6. The van der Waals surface area contributed by atoms with Gasteiger partial charge in [-0.1, -0.05) is 27.7 Å². The van der Waals surface area contributed by atoms with E-state index >= 15 is 0 Å². The first-order chi connectivity index (χ1) is 12.7. The Labute approximate surface area is 167 Å². The van der Waals surface area contributed by atoms with Crippen LogP contribution >= 0.6 is 0 Å². The molecule has 0 amide bonds. The van der Waals surface area contributed by atoms with Crippen LogP contribution in [0.15, 0.2) is 11.8 Å². The van der Waals surface area contributed by atoms with Crippen molar-refractivity contribution in [3.05, 3.63) is 17.4 Å². The zero-order valence-electron chi connectivity index (χ0n) is 17.9. The van der Waals surface area contributed by atoms with Crippen LogP contribution in [0, 0.1) is 5.92 Å². The van der Waals surface area contributed by atoms with Gasteiger partial charge in [-0.3, -0.25) is 9.59 Å². The van der Waals surface area contributed by atoms with Crippen LogP contribution in [0.5, 0.6) is 0 Å². The van der Waals surface area contributed by atoms with Crippen LogP contribution in [-0.2, 0) is 28.3 Å². The molecule has 0 spiro atoms. The van der Waals surface area contributed by atoms with Crippen molar-refractivity contribution in [2.75, 3.05) is 7.11 Å². The van der Waals surface area contributed by atoms with E-state index in [1.54, 1.807) is 13.0 Å². The van der Waals surface area contributed by atoms with Crippen LogP contribution in [-0.4, -0.2) is 49.3 Å². The number of rotatable bonds is 7. The van der Waals surface area contributed by atoms with Gasteiger partial charge in [-0.15, -0.1) is 0 Å². The highest BCUT2D eigenvalue weighted by Gasteiger charge is 2.56. The number of nitrogens with zero attached hydrogens (tertiary/aromatic N) is 2. The highest BCUT2D eigenvalue weighted by Crippen LogP contribution is 2.48. The first kappa shape index (κ1) is 23.9. The van der Waals surface area contributed by atoms with Crippen LogP contribution in [0.2, 0.25) is 18.1 Å². The first-order valence-electron chi connectivity index (χ1n) is 9.17. The lowest BCUT2D eigenvalue weighted by Crippen LogP contribution is -2.55. The van der Waals surface area contributed by atoms with Crippen LogP contribution in [0.25, 0.3) is 5.53 Å². The smallest absolute Gasteiger partial charge is 0.441 e. The second-order valence-electron chi connectivity index (χ2n) is 8.48. The fourth-order valence-corrected chi connectivity index (χ4v) is 4.53. The van der Waals surface area contributed by atoms with Crippen LogP contribution in [0.3, 0.4) is 0 Å². The van der Waals surface area contributed by atoms with Gasteiger partial charge in [-0.05, 0) is 37.0 Å². The van der Waals surface area contributed by atoms with Gasteiger partial charge in [0.05, 0.1) is 13.0 Å². The molecule has 0 unspecified atom stereocenters. The minimum absolute atomic E-state index is 0.178. The molecule has 1 aliphatic carbocycles. The van der Waals surface area contributed by atoms with Crippen molar-refractivity contribution in [1.29, 1.82) is 0 Å². The lowest BCUT2D eigenvalue weighted by Gasteiger charge is -2.46. The van der Waals surface area contributed by atoms with E-state index in [0.29, 0.717) is 12.8 Å². The summed E-state index contributed by atoms with van der Waals surface area (Å²) in [6.07, 6.45) is 2.67. The summed E-state index contributed by atoms with van der Waals surface area (Å²) >= 11 is 0. The standard InChI is InChI=1S/C19H30N2O6Si/c1-12(16(23)15(21-20)17(24)25-6)19(27-28(7,8)18(3,4)5)11-9-10-14(19)26-13(2)22/h10,12H,9,11H2,1-8H3/t12-,19+/m0/s1. The predicted octanol–water partition coefficient (Wildman–Crippen LogP) is 3.04. The van der Waals surface area contributed by atoms with Gasteiger partial charge in [0.2, 0.25) is 0 Å². The van der Waals surface area contributed by atoms with Crippen molar-refractivity contribution in [1.82, 2.24) is 0 Å². The summed E-state index contributed by atoms with van der Waals surface area (Å²) in [5.41, 5.74) is 7.22. The molecule has 0 bridgehead atoms. The zero-order valence-corrected chi connectivity index (χ0v) is 18.9. The zero-order chi connectivity index (χ0) is 21.9. The molecule has 0 aromatic rings. The molecule has 0 aromatic heterocycles. The third-order valence-corrected chi connectivity index (χ3v) is 10.1. The van der Waals surface area contributed by atoms with Gasteiger partial charge in [0.15, 0.2) is 8.32 Å². The second-order valence-corrected chi connectivity index (χ2v) is 13.2. The Morgan fingerprint density at radius 2 is 1.86 bits per heavy atom. The quantitative estimate of drug-likeness (QED) is 0.159. The minimum atomic E-state index is -2.43. The summed E-state index contributed by atoms with van der Waals surface area (Å²) in [6.45, 7) is 13.1. The Balaban J connectivity index is 3.50. The van der Waals surface area contributed by atoms with E-state index in [1.807, 2.05) is 13.1 Å². The van der Waals surface area contributed by atoms with E-state index < -0.39 is 43.3 Å². The van der Waals surface area contributed by atoms with Crippen LogP contribution in [0.1, 0.15) is 47.5 Å². The Hall–Kier alpha value is -2.09. The molecule has 156 valence electrons. The molecule has 0 saturated carbocycles. The lowest BCUT2D eigenvalue weighted by molar-refractivity contribution is -0.146. The second kappa shape index (κ2) is 8.51. The van der Waals surface area contributed by atoms with Gasteiger partial charge in [-0.25, -0.2) is 4.79 Å². The number of ketones is 1. The van der Waals surface area contributed by atoms with Gasteiger partial charge in [0.25, 0.3) is 5.78 Å². The van der Waals surface area contributed by atoms with Crippen molar-refractivity contribution in [2.24, 2.45) is 5.92 Å². The largest absolute Gasteiger partial charge is 0.460 e. The number of carbonyl (C=O) groups is 3. The molecule has 0 aromatic carbocycles. The number of methoxy groups -OCH3 is 1. The number of allylic oxidation sites excluding steroid dienone is 1. The van der Waals surface area contributed by atoms with E-state index in [4.69, 9.17) is 9.16 Å². The summed E-state index contributed by atoms with van der Waals surface area (Å²) in [7, 11) is -1.34. The lowest BCUT2D eigenvalue weighted by atomic mass is 9.82. The van der Waals surface area contributed by atoms with Crippen LogP contribution < -0.4 is 0 Å². The number of carbonyl (C=O) groups excluding carboxylic acids is 3. The number of esters is 2. The molecule has 0 saturated heterocycles. The fraction of sp³-hybridized carbons (Fsp3) is 0.684. The molecular weight excluding hydrogens is 380 g/mol. The Kier molecular flexibility index (Phi) is 7.28. The van der Waals surface area contributed by atoms with E-state index in [9.17, 15) is 19.9 Å². The Bertz CT molecular complexity index is 746. The number of Topliss-reactive ketones (excluding diaryl/α,β-unsaturated/α-hetero) is 1. The monoisotopic (exact) mass is 410 g/mol. The molecule has 0 fully saturated rings. The minimum Gasteiger partial charge on any atom is -0.460 e. The average Bonchev–Trinajstić information content (AvgIpc) is 2.95. The van der Waals surface area contributed by atoms with E-state index in [1.165, 1.54) is 6.92 Å². The van der Waals surface area contributed by atoms with Crippen molar-refractivity contribution < 1.29 is 33.1 Å². The summed E-state index contributed by atoms with van der Waals surface area (Å²) in [4.78, 5) is 39.3. The maximum atomic E-state index is 13.0. The van der Waals surface area contributed by atoms with Crippen LogP contribution in [0.4, 0.5) is 0 Å². The molecule has 28 heavy (non-hydrogen) atoms. The predicted molar refractivity (Wildman–Crippen MR) is 105 cm³/mol. The average molecular weight is 411 g/mol. The summed E-state index contributed by atoms with van der Waals surface area (Å²) in [5, 5.41) is -0.178. The van der Waals surface area contributed by atoms with Gasteiger partial charge < -0.3 is 19.4 Å². The molecular formula is C19H30N2O6Si. The summed E-state index contributed by atoms with van der Waals surface area (Å²) in [6, 6.07) is 0. The van der Waals surface area contributed by atoms with Crippen molar-refractivity contribution in [2.45, 2.75) is 71.2 Å². The number of hydrogen-bond donors (Lipinski definition) is 0. The molecule has 0 aliphatic heterocycles. The van der Waals surface area contributed by atoms with Crippen molar-refractivity contribution >= 4 is 31.8 Å². The first-order valence-corrected chi connectivity index (χ1v) is 12.1. The molecule has 0 radical (unpaired) electrons. The maximum Gasteiger partial charge on any atom is 0.441 e. The molecule has 0 N–H and O–H groups in total. The Morgan fingerprint density at radius 3 is 2.29 bits per heavy atom. The van der Waals surface area contributed by atoms with Gasteiger partial charge >= 0.3 is 17.7 Å². The highest BCUT2D eigenvalue weighted by molar-refractivity contribution is 6.74. The molecule has 1 rings (SSSR count). The summed E-state index contributed by atoms with van der Waals surface area (Å²) < 4.78 is 16.6. The maximum absolute atomic E-state index is 13.0. The van der Waals surface area contributed by atoms with E-state index in [2.05, 4.69) is 30.3 Å². The molecule has 1 aliphatic rings. The van der Waals surface area contributed by atoms with Gasteiger partial charge in [0.1, 0.15) is 11.4 Å². The summed E-state index contributed by atoms with van der Waals surface area (Å²) in [5.74, 6) is -3.00. The van der Waals surface area contributed by atoms with Gasteiger partial charge in [-0.2, -0.15) is 4.79 Å². The van der Waals surface area contributed by atoms with Crippen molar-refractivity contribution in [3.8, 4) is 0 Å². The molecule has 0 heterocycles. The topological polar surface area (TPSA) is 115 Å².